The van der Waals surface area contributed by atoms with E-state index >= 15 is 0 Å². The maximum atomic E-state index is 12.5. The molecular weight excluding hydrogens is 328 g/mol. The number of rotatable bonds is 4. The molecular formula is C21H24N2O3. The zero-order chi connectivity index (χ0) is 17.9. The fourth-order valence-corrected chi connectivity index (χ4v) is 6.23. The molecule has 0 saturated heterocycles. The maximum absolute atomic E-state index is 12.5. The van der Waals surface area contributed by atoms with Crippen LogP contribution in [0.2, 0.25) is 0 Å². The second-order valence-electron chi connectivity index (χ2n) is 8.78. The zero-order valence-corrected chi connectivity index (χ0v) is 14.8. The van der Waals surface area contributed by atoms with E-state index < -0.39 is 5.91 Å². The number of aromatic amines is 1. The Morgan fingerprint density at radius 1 is 1.15 bits per heavy atom. The summed E-state index contributed by atoms with van der Waals surface area (Å²) in [6.07, 6.45) is 9.49. The number of benzene rings is 1. The minimum absolute atomic E-state index is 0.0178. The summed E-state index contributed by atoms with van der Waals surface area (Å²) in [5, 5.41) is 0.448. The number of nitrogens with two attached hydrogens (primary N) is 1. The number of carbonyl (C=O) groups excluding carboxylic acids is 1. The Labute approximate surface area is 151 Å². The smallest absolute Gasteiger partial charge is 0.254 e. The van der Waals surface area contributed by atoms with Gasteiger partial charge in [-0.2, -0.15) is 0 Å². The van der Waals surface area contributed by atoms with Crippen molar-refractivity contribution in [3.05, 3.63) is 40.2 Å². The summed E-state index contributed by atoms with van der Waals surface area (Å²) in [5.74, 6) is 2.63. The molecule has 4 saturated carbocycles. The lowest BCUT2D eigenvalue weighted by atomic mass is 9.50. The molecule has 136 valence electrons. The molecule has 1 aromatic heterocycles. The molecule has 0 radical (unpaired) electrons. The molecule has 1 heterocycles. The lowest BCUT2D eigenvalue weighted by molar-refractivity contribution is -0.0743. The van der Waals surface area contributed by atoms with Gasteiger partial charge in [0.2, 0.25) is 5.43 Å². The van der Waals surface area contributed by atoms with Gasteiger partial charge in [0.05, 0.1) is 17.5 Å². The number of hydrogen-bond acceptors (Lipinski definition) is 3. The van der Waals surface area contributed by atoms with Crippen LogP contribution < -0.4 is 15.9 Å². The Bertz CT molecular complexity index is 911. The van der Waals surface area contributed by atoms with Crippen molar-refractivity contribution in [1.29, 1.82) is 0 Å². The monoisotopic (exact) mass is 352 g/mol. The van der Waals surface area contributed by atoms with Gasteiger partial charge in [0.25, 0.3) is 5.91 Å². The molecule has 26 heavy (non-hydrogen) atoms. The van der Waals surface area contributed by atoms with Crippen LogP contribution in [0.15, 0.2) is 29.2 Å². The molecule has 5 nitrogen and oxygen atoms in total. The van der Waals surface area contributed by atoms with E-state index in [1.165, 1.54) is 44.7 Å². The van der Waals surface area contributed by atoms with E-state index in [9.17, 15) is 9.59 Å². The van der Waals surface area contributed by atoms with Crippen molar-refractivity contribution in [2.24, 2.45) is 28.9 Å². The molecule has 0 aliphatic heterocycles. The molecule has 0 spiro atoms. The van der Waals surface area contributed by atoms with Gasteiger partial charge in [-0.1, -0.05) is 6.07 Å². The van der Waals surface area contributed by atoms with E-state index in [4.69, 9.17) is 10.5 Å². The van der Waals surface area contributed by atoms with Gasteiger partial charge in [0.1, 0.15) is 11.3 Å². The first-order valence-corrected chi connectivity index (χ1v) is 9.60. The Morgan fingerprint density at radius 3 is 2.42 bits per heavy atom. The molecule has 6 rings (SSSR count). The summed E-state index contributed by atoms with van der Waals surface area (Å²) >= 11 is 0. The highest BCUT2D eigenvalue weighted by molar-refractivity contribution is 5.96. The summed E-state index contributed by atoms with van der Waals surface area (Å²) in [7, 11) is 0. The zero-order valence-electron chi connectivity index (χ0n) is 14.8. The number of aromatic nitrogens is 1. The maximum Gasteiger partial charge on any atom is 0.254 e. The molecule has 4 fully saturated rings. The number of primary amides is 1. The lowest BCUT2D eigenvalue weighted by Crippen LogP contribution is -2.48. The van der Waals surface area contributed by atoms with Crippen molar-refractivity contribution >= 4 is 16.8 Å². The van der Waals surface area contributed by atoms with Crippen molar-refractivity contribution in [1.82, 2.24) is 4.98 Å². The van der Waals surface area contributed by atoms with Gasteiger partial charge in [0.15, 0.2) is 0 Å². The molecule has 1 aromatic carbocycles. The number of carbonyl (C=O) groups is 1. The molecule has 2 aromatic rings. The van der Waals surface area contributed by atoms with E-state index in [0.29, 0.717) is 22.1 Å². The van der Waals surface area contributed by atoms with Crippen LogP contribution in [0.3, 0.4) is 0 Å². The van der Waals surface area contributed by atoms with E-state index in [-0.39, 0.29) is 11.0 Å². The quantitative estimate of drug-likeness (QED) is 0.886. The number of pyridine rings is 1. The van der Waals surface area contributed by atoms with Crippen molar-refractivity contribution in [2.75, 3.05) is 6.61 Å². The summed E-state index contributed by atoms with van der Waals surface area (Å²) < 4.78 is 6.27. The fraction of sp³-hybridized carbons (Fsp3) is 0.524. The molecule has 3 N–H and O–H groups in total. The van der Waals surface area contributed by atoms with E-state index in [2.05, 4.69) is 4.98 Å². The third-order valence-electron chi connectivity index (χ3n) is 6.84. The second-order valence-corrected chi connectivity index (χ2v) is 8.78. The highest BCUT2D eigenvalue weighted by Gasteiger charge is 2.51. The van der Waals surface area contributed by atoms with Crippen LogP contribution in [0, 0.1) is 23.2 Å². The Balaban J connectivity index is 1.44. The predicted octanol–water partition coefficient (Wildman–Crippen LogP) is 3.22. The molecule has 0 atom stereocenters. The topological polar surface area (TPSA) is 85.2 Å². The normalized spacial score (nSPS) is 32.1. The summed E-state index contributed by atoms with van der Waals surface area (Å²) in [5.41, 5.74) is 5.88. The number of amides is 1. The van der Waals surface area contributed by atoms with Crippen LogP contribution in [0.4, 0.5) is 0 Å². The fourth-order valence-electron chi connectivity index (χ4n) is 6.23. The summed E-state index contributed by atoms with van der Waals surface area (Å²) in [6.45, 7) is 0.717. The number of ether oxygens (including phenoxy) is 1. The first-order valence-electron chi connectivity index (χ1n) is 9.60. The molecule has 5 heteroatoms. The minimum Gasteiger partial charge on any atom is -0.491 e. The lowest BCUT2D eigenvalue weighted by Gasteiger charge is -2.56. The van der Waals surface area contributed by atoms with Gasteiger partial charge in [0, 0.05) is 11.6 Å². The Morgan fingerprint density at radius 2 is 1.81 bits per heavy atom. The van der Waals surface area contributed by atoms with Gasteiger partial charge in [-0.25, -0.2) is 0 Å². The van der Waals surface area contributed by atoms with Crippen LogP contribution >= 0.6 is 0 Å². The van der Waals surface area contributed by atoms with Gasteiger partial charge in [-0.15, -0.1) is 0 Å². The van der Waals surface area contributed by atoms with Crippen LogP contribution in [-0.4, -0.2) is 17.5 Å². The minimum atomic E-state index is -0.715. The third-order valence-corrected chi connectivity index (χ3v) is 6.84. The van der Waals surface area contributed by atoms with E-state index in [1.54, 1.807) is 12.1 Å². The van der Waals surface area contributed by atoms with Gasteiger partial charge in [-0.05, 0) is 68.4 Å². The summed E-state index contributed by atoms with van der Waals surface area (Å²) in [6, 6.07) is 5.40. The van der Waals surface area contributed by atoms with Crippen molar-refractivity contribution < 1.29 is 9.53 Å². The predicted molar refractivity (Wildman–Crippen MR) is 99.2 cm³/mol. The first kappa shape index (κ1) is 15.9. The van der Waals surface area contributed by atoms with Crippen LogP contribution in [-0.2, 0) is 0 Å². The van der Waals surface area contributed by atoms with Crippen molar-refractivity contribution in [3.8, 4) is 5.75 Å². The van der Waals surface area contributed by atoms with Gasteiger partial charge in [-0.3, -0.25) is 9.59 Å². The average molecular weight is 352 g/mol. The SMILES string of the molecule is NC(=O)c1c[nH]c2c(OCC34CC5CC(CC(C5)C3)C4)cccc2c1=O. The van der Waals surface area contributed by atoms with Gasteiger partial charge >= 0.3 is 0 Å². The number of fused-ring (bicyclic) bond motifs is 1. The van der Waals surface area contributed by atoms with Crippen LogP contribution in [0.25, 0.3) is 10.9 Å². The molecule has 4 bridgehead atoms. The van der Waals surface area contributed by atoms with Crippen molar-refractivity contribution in [2.45, 2.75) is 38.5 Å². The van der Waals surface area contributed by atoms with Crippen molar-refractivity contribution in [3.63, 3.8) is 0 Å². The number of para-hydroxylation sites is 1. The van der Waals surface area contributed by atoms with E-state index in [0.717, 1.165) is 24.4 Å². The Kier molecular flexibility index (Phi) is 3.43. The van der Waals surface area contributed by atoms with Crippen LogP contribution in [0.1, 0.15) is 48.9 Å². The van der Waals surface area contributed by atoms with Crippen LogP contribution in [0.5, 0.6) is 5.75 Å². The highest BCUT2D eigenvalue weighted by atomic mass is 16.5. The number of H-pyrrole nitrogens is 1. The molecule has 4 aliphatic rings. The summed E-state index contributed by atoms with van der Waals surface area (Å²) in [4.78, 5) is 26.9. The number of hydrogen-bond donors (Lipinski definition) is 2. The number of nitrogens with one attached hydrogen (secondary N) is 1. The second kappa shape index (κ2) is 5.60. The first-order chi connectivity index (χ1) is 12.5. The molecule has 4 aliphatic carbocycles. The average Bonchev–Trinajstić information content (AvgIpc) is 2.59. The Hall–Kier alpha value is -2.30. The highest BCUT2D eigenvalue weighted by Crippen LogP contribution is 2.60. The molecule has 1 amide bonds. The third kappa shape index (κ3) is 2.44. The standard InChI is InChI=1S/C21H24N2O3/c22-20(25)16-10-23-18-15(19(16)24)2-1-3-17(18)26-11-21-7-12-4-13(8-21)6-14(5-12)9-21/h1-3,10,12-14H,4-9,11H2,(H2,22,25)(H,23,24). The van der Waals surface area contributed by atoms with Gasteiger partial charge < -0.3 is 15.5 Å². The largest absolute Gasteiger partial charge is 0.491 e. The molecule has 0 unspecified atom stereocenters. The van der Waals surface area contributed by atoms with E-state index in [1.807, 2.05) is 6.07 Å².